The number of hydrogen-bond acceptors (Lipinski definition) is 7. The summed E-state index contributed by atoms with van der Waals surface area (Å²) < 4.78 is 16.7. The van der Waals surface area contributed by atoms with Gasteiger partial charge in [0.15, 0.2) is 17.2 Å². The van der Waals surface area contributed by atoms with Crippen molar-refractivity contribution in [3.8, 4) is 22.2 Å². The van der Waals surface area contributed by atoms with Crippen LogP contribution < -0.4 is 9.47 Å². The van der Waals surface area contributed by atoms with Crippen molar-refractivity contribution in [1.29, 1.82) is 0 Å². The number of thiazole rings is 1. The van der Waals surface area contributed by atoms with E-state index in [0.717, 1.165) is 25.7 Å². The molecule has 0 atom stereocenters. The van der Waals surface area contributed by atoms with Crippen LogP contribution in [0.5, 0.6) is 11.5 Å². The Morgan fingerprint density at radius 2 is 1.77 bits per heavy atom. The van der Waals surface area contributed by atoms with Gasteiger partial charge in [0.05, 0.1) is 26.0 Å². The number of unbranched alkanes of at least 4 members (excludes halogenated alkanes) is 2. The highest BCUT2D eigenvalue weighted by molar-refractivity contribution is 7.13. The maximum atomic E-state index is 11.8. The lowest BCUT2D eigenvalue weighted by Gasteiger charge is -2.13. The van der Waals surface area contributed by atoms with Crippen molar-refractivity contribution in [3.05, 3.63) is 23.3 Å². The van der Waals surface area contributed by atoms with Gasteiger partial charge in [-0.15, -0.1) is 11.3 Å². The number of aromatic nitrogens is 2. The molecule has 0 unspecified atom stereocenters. The summed E-state index contributed by atoms with van der Waals surface area (Å²) >= 11 is 1.35. The maximum Gasteiger partial charge on any atom is 0.357 e. The summed E-state index contributed by atoms with van der Waals surface area (Å²) in [5, 5.41) is 2.33. The van der Waals surface area contributed by atoms with Crippen LogP contribution in [-0.4, -0.2) is 35.8 Å². The number of pyridine rings is 1. The molecule has 2 heterocycles. The molecule has 0 fully saturated rings. The van der Waals surface area contributed by atoms with Crippen molar-refractivity contribution in [2.24, 2.45) is 0 Å². The molecule has 0 aliphatic heterocycles. The third kappa shape index (κ3) is 5.69. The van der Waals surface area contributed by atoms with E-state index in [1.807, 2.05) is 6.07 Å². The topological polar surface area (TPSA) is 70.5 Å². The number of carbonyl (C=O) groups excluding carboxylic acids is 1. The van der Waals surface area contributed by atoms with E-state index in [1.165, 1.54) is 11.3 Å². The van der Waals surface area contributed by atoms with Crippen LogP contribution >= 0.6 is 11.3 Å². The van der Waals surface area contributed by atoms with Crippen molar-refractivity contribution in [2.75, 3.05) is 19.8 Å². The molecule has 0 aliphatic rings. The third-order valence-corrected chi connectivity index (χ3v) is 4.42. The van der Waals surface area contributed by atoms with Gasteiger partial charge in [-0.25, -0.2) is 14.8 Å². The quantitative estimate of drug-likeness (QED) is 0.415. The highest BCUT2D eigenvalue weighted by Crippen LogP contribution is 2.32. The van der Waals surface area contributed by atoms with Gasteiger partial charge in [0.2, 0.25) is 0 Å². The van der Waals surface area contributed by atoms with Crippen LogP contribution in [0.2, 0.25) is 0 Å². The van der Waals surface area contributed by atoms with Gasteiger partial charge in [0.25, 0.3) is 0 Å². The van der Waals surface area contributed by atoms with Gasteiger partial charge in [-0.1, -0.05) is 26.7 Å². The van der Waals surface area contributed by atoms with Crippen LogP contribution in [0.25, 0.3) is 10.7 Å². The number of carbonyl (C=O) groups is 1. The summed E-state index contributed by atoms with van der Waals surface area (Å²) in [6.07, 6.45) is 5.73. The molecule has 0 radical (unpaired) electrons. The first-order valence-electron chi connectivity index (χ1n) is 9.08. The Labute approximate surface area is 158 Å². The molecule has 0 amide bonds. The summed E-state index contributed by atoms with van der Waals surface area (Å²) in [6.45, 7) is 7.58. The molecule has 0 aromatic carbocycles. The van der Waals surface area contributed by atoms with Gasteiger partial charge in [-0.2, -0.15) is 0 Å². The number of rotatable bonds is 11. The summed E-state index contributed by atoms with van der Waals surface area (Å²) in [5.74, 6) is 0.877. The highest BCUT2D eigenvalue weighted by Gasteiger charge is 2.16. The van der Waals surface area contributed by atoms with E-state index >= 15 is 0 Å². The molecule has 0 saturated heterocycles. The Balaban J connectivity index is 2.20. The molecule has 26 heavy (non-hydrogen) atoms. The molecule has 0 spiro atoms. The fourth-order valence-electron chi connectivity index (χ4n) is 2.11. The van der Waals surface area contributed by atoms with Crippen LogP contribution in [-0.2, 0) is 4.74 Å². The van der Waals surface area contributed by atoms with Gasteiger partial charge in [0, 0.05) is 11.4 Å². The van der Waals surface area contributed by atoms with Crippen LogP contribution in [0.4, 0.5) is 0 Å². The largest absolute Gasteiger partial charge is 0.490 e. The van der Waals surface area contributed by atoms with E-state index in [9.17, 15) is 4.79 Å². The van der Waals surface area contributed by atoms with Crippen molar-refractivity contribution in [2.45, 2.75) is 46.5 Å². The van der Waals surface area contributed by atoms with Crippen LogP contribution in [0.1, 0.15) is 56.9 Å². The molecular formula is C19H26N2O4S. The van der Waals surface area contributed by atoms with E-state index < -0.39 is 5.97 Å². The minimum absolute atomic E-state index is 0.297. The Morgan fingerprint density at radius 1 is 1.08 bits per heavy atom. The van der Waals surface area contributed by atoms with E-state index in [-0.39, 0.29) is 0 Å². The number of esters is 1. The Kier molecular flexibility index (Phi) is 8.34. The minimum atomic E-state index is -0.422. The molecule has 6 nitrogen and oxygen atoms in total. The normalized spacial score (nSPS) is 10.6. The predicted octanol–water partition coefficient (Wildman–Crippen LogP) is 4.74. The number of hydrogen-bond donors (Lipinski definition) is 0. The smallest absolute Gasteiger partial charge is 0.357 e. The molecule has 142 valence electrons. The van der Waals surface area contributed by atoms with Crippen LogP contribution in [0.15, 0.2) is 17.6 Å². The molecule has 7 heteroatoms. The van der Waals surface area contributed by atoms with E-state index in [2.05, 4.69) is 23.8 Å². The summed E-state index contributed by atoms with van der Waals surface area (Å²) in [6, 6.07) is 1.82. The van der Waals surface area contributed by atoms with E-state index in [0.29, 0.717) is 47.7 Å². The second-order valence-electron chi connectivity index (χ2n) is 5.68. The molecule has 0 aliphatic carbocycles. The highest BCUT2D eigenvalue weighted by atomic mass is 32.1. The average molecular weight is 378 g/mol. The SMILES string of the molecule is CCCCOc1cnc(-c2nc(C(=O)OCC)cs2)cc1OCCCC. The van der Waals surface area contributed by atoms with Gasteiger partial charge in [-0.3, -0.25) is 0 Å². The predicted molar refractivity (Wildman–Crippen MR) is 102 cm³/mol. The lowest BCUT2D eigenvalue weighted by atomic mass is 10.3. The first kappa shape index (κ1) is 20.2. The summed E-state index contributed by atoms with van der Waals surface area (Å²) in [5.41, 5.74) is 0.949. The summed E-state index contributed by atoms with van der Waals surface area (Å²) in [4.78, 5) is 20.5. The molecule has 0 N–H and O–H groups in total. The first-order chi connectivity index (χ1) is 12.7. The zero-order valence-electron chi connectivity index (χ0n) is 15.6. The number of ether oxygens (including phenoxy) is 3. The first-order valence-corrected chi connectivity index (χ1v) is 9.96. The number of nitrogens with zero attached hydrogens (tertiary/aromatic N) is 2. The lowest BCUT2D eigenvalue weighted by Crippen LogP contribution is -2.05. The van der Waals surface area contributed by atoms with Crippen LogP contribution in [0.3, 0.4) is 0 Å². The maximum absolute atomic E-state index is 11.8. The Morgan fingerprint density at radius 3 is 2.42 bits per heavy atom. The standard InChI is InChI=1S/C19H26N2O4S/c1-4-7-9-24-16-11-14(20-12-17(16)25-10-8-5-2)18-21-15(13-26-18)19(22)23-6-3/h11-13H,4-10H2,1-3H3. The molecule has 0 bridgehead atoms. The fraction of sp³-hybridized carbons (Fsp3) is 0.526. The molecule has 0 saturated carbocycles. The fourth-order valence-corrected chi connectivity index (χ4v) is 2.86. The van der Waals surface area contributed by atoms with Gasteiger partial charge in [-0.05, 0) is 19.8 Å². The van der Waals surface area contributed by atoms with Crippen molar-refractivity contribution in [1.82, 2.24) is 9.97 Å². The zero-order valence-corrected chi connectivity index (χ0v) is 16.4. The van der Waals surface area contributed by atoms with Gasteiger partial charge < -0.3 is 14.2 Å². The van der Waals surface area contributed by atoms with E-state index in [4.69, 9.17) is 14.2 Å². The van der Waals surface area contributed by atoms with Crippen LogP contribution in [0, 0.1) is 0 Å². The second-order valence-corrected chi connectivity index (χ2v) is 6.54. The Hall–Kier alpha value is -2.15. The zero-order chi connectivity index (χ0) is 18.8. The molecule has 2 aromatic rings. The molecule has 2 rings (SSSR count). The lowest BCUT2D eigenvalue weighted by molar-refractivity contribution is 0.0520. The van der Waals surface area contributed by atoms with Gasteiger partial charge >= 0.3 is 5.97 Å². The van der Waals surface area contributed by atoms with Crippen molar-refractivity contribution >= 4 is 17.3 Å². The van der Waals surface area contributed by atoms with Crippen molar-refractivity contribution in [3.63, 3.8) is 0 Å². The third-order valence-electron chi connectivity index (χ3n) is 3.55. The second kappa shape index (κ2) is 10.8. The average Bonchev–Trinajstić information content (AvgIpc) is 3.13. The minimum Gasteiger partial charge on any atom is -0.490 e. The van der Waals surface area contributed by atoms with Gasteiger partial charge in [0.1, 0.15) is 10.7 Å². The molecular weight excluding hydrogens is 352 g/mol. The van der Waals surface area contributed by atoms with E-state index in [1.54, 1.807) is 18.5 Å². The summed E-state index contributed by atoms with van der Waals surface area (Å²) in [7, 11) is 0. The van der Waals surface area contributed by atoms with Crippen molar-refractivity contribution < 1.29 is 19.0 Å². The Bertz CT molecular complexity index is 703. The molecule has 2 aromatic heterocycles. The monoisotopic (exact) mass is 378 g/mol.